The second kappa shape index (κ2) is 4.65. The Kier molecular flexibility index (Phi) is 3.34. The standard InChI is InChI=1S/C13H11F3OS/c1-8-2-4-9(5-3-8)6-11-10(17)7-12(18-11)13(14,15)16/h2-5,7,17H,6H2,1H3. The molecule has 1 aromatic carbocycles. The molecule has 0 atom stereocenters. The van der Waals surface area contributed by atoms with E-state index in [4.69, 9.17) is 0 Å². The Balaban J connectivity index is 2.24. The van der Waals surface area contributed by atoms with Gasteiger partial charge in [-0.05, 0) is 12.5 Å². The minimum Gasteiger partial charge on any atom is -0.507 e. The first-order chi connectivity index (χ1) is 8.36. The van der Waals surface area contributed by atoms with Gasteiger partial charge in [0.1, 0.15) is 10.6 Å². The van der Waals surface area contributed by atoms with E-state index in [0.29, 0.717) is 22.6 Å². The zero-order valence-electron chi connectivity index (χ0n) is 9.58. The Morgan fingerprint density at radius 1 is 1.17 bits per heavy atom. The molecule has 96 valence electrons. The van der Waals surface area contributed by atoms with Crippen molar-refractivity contribution in [2.24, 2.45) is 0 Å². The molecule has 2 rings (SSSR count). The van der Waals surface area contributed by atoms with E-state index in [-0.39, 0.29) is 5.75 Å². The number of hydrogen-bond donors (Lipinski definition) is 1. The molecule has 0 aliphatic rings. The molecule has 0 unspecified atom stereocenters. The molecular formula is C13H11F3OS. The van der Waals surface area contributed by atoms with E-state index in [0.717, 1.165) is 17.2 Å². The van der Waals surface area contributed by atoms with Crippen LogP contribution in [0.15, 0.2) is 30.3 Å². The molecule has 0 amide bonds. The van der Waals surface area contributed by atoms with Crippen molar-refractivity contribution in [1.29, 1.82) is 0 Å². The first kappa shape index (κ1) is 13.0. The van der Waals surface area contributed by atoms with E-state index in [1.54, 1.807) is 0 Å². The number of hydrogen-bond acceptors (Lipinski definition) is 2. The van der Waals surface area contributed by atoms with Crippen molar-refractivity contribution in [2.75, 3.05) is 0 Å². The highest BCUT2D eigenvalue weighted by Crippen LogP contribution is 2.40. The minimum atomic E-state index is -4.40. The Bertz CT molecular complexity index is 540. The monoisotopic (exact) mass is 272 g/mol. The second-order valence-corrected chi connectivity index (χ2v) is 5.22. The molecule has 0 radical (unpaired) electrons. The molecule has 1 nitrogen and oxygen atoms in total. The minimum absolute atomic E-state index is 0.284. The van der Waals surface area contributed by atoms with E-state index in [1.165, 1.54) is 0 Å². The van der Waals surface area contributed by atoms with Gasteiger partial charge in [-0.3, -0.25) is 0 Å². The van der Waals surface area contributed by atoms with Crippen LogP contribution in [0.25, 0.3) is 0 Å². The smallest absolute Gasteiger partial charge is 0.425 e. The third kappa shape index (κ3) is 2.85. The van der Waals surface area contributed by atoms with Crippen LogP contribution in [-0.4, -0.2) is 5.11 Å². The lowest BCUT2D eigenvalue weighted by atomic mass is 10.1. The number of rotatable bonds is 2. The summed E-state index contributed by atoms with van der Waals surface area (Å²) in [5, 5.41) is 9.52. The summed E-state index contributed by atoms with van der Waals surface area (Å²) in [4.78, 5) is -0.423. The topological polar surface area (TPSA) is 20.2 Å². The summed E-state index contributed by atoms with van der Waals surface area (Å²) in [6.45, 7) is 1.94. The highest BCUT2D eigenvalue weighted by atomic mass is 32.1. The van der Waals surface area contributed by atoms with Crippen molar-refractivity contribution in [2.45, 2.75) is 19.5 Å². The van der Waals surface area contributed by atoms with Crippen LogP contribution in [0.4, 0.5) is 13.2 Å². The number of alkyl halides is 3. The van der Waals surface area contributed by atoms with Gasteiger partial charge in [0.05, 0.1) is 4.88 Å². The average Bonchev–Trinajstić information content (AvgIpc) is 2.63. The SMILES string of the molecule is Cc1ccc(Cc2sc(C(F)(F)F)cc2O)cc1. The van der Waals surface area contributed by atoms with E-state index in [2.05, 4.69) is 0 Å². The van der Waals surface area contributed by atoms with Crippen molar-refractivity contribution < 1.29 is 18.3 Å². The normalized spacial score (nSPS) is 11.8. The number of thiophene rings is 1. The Morgan fingerprint density at radius 2 is 1.78 bits per heavy atom. The number of halogens is 3. The zero-order chi connectivity index (χ0) is 13.3. The van der Waals surface area contributed by atoms with E-state index in [9.17, 15) is 18.3 Å². The molecule has 2 aromatic rings. The summed E-state index contributed by atoms with van der Waals surface area (Å²) >= 11 is 0.590. The summed E-state index contributed by atoms with van der Waals surface area (Å²) < 4.78 is 37.4. The zero-order valence-corrected chi connectivity index (χ0v) is 10.4. The van der Waals surface area contributed by atoms with Crippen molar-refractivity contribution >= 4 is 11.3 Å². The van der Waals surface area contributed by atoms with Gasteiger partial charge in [0.25, 0.3) is 0 Å². The summed E-state index contributed by atoms with van der Waals surface area (Å²) in [6.07, 6.45) is -4.08. The van der Waals surface area contributed by atoms with Crippen molar-refractivity contribution in [1.82, 2.24) is 0 Å². The molecule has 0 spiro atoms. The summed E-state index contributed by atoms with van der Waals surface area (Å²) in [5.41, 5.74) is 1.97. The van der Waals surface area contributed by atoms with Crippen LogP contribution in [-0.2, 0) is 12.6 Å². The number of aryl methyl sites for hydroxylation is 1. The maximum Gasteiger partial charge on any atom is 0.425 e. The lowest BCUT2D eigenvalue weighted by molar-refractivity contribution is -0.134. The van der Waals surface area contributed by atoms with Crippen LogP contribution in [0, 0.1) is 6.92 Å². The molecule has 0 bridgehead atoms. The van der Waals surface area contributed by atoms with Gasteiger partial charge in [0.15, 0.2) is 0 Å². The summed E-state index contributed by atoms with van der Waals surface area (Å²) in [5.74, 6) is -0.284. The molecule has 0 saturated heterocycles. The fourth-order valence-electron chi connectivity index (χ4n) is 1.58. The number of aromatic hydroxyl groups is 1. The molecule has 0 aliphatic heterocycles. The molecule has 0 fully saturated rings. The fraction of sp³-hybridized carbons (Fsp3) is 0.231. The fourth-order valence-corrected chi connectivity index (χ4v) is 2.53. The average molecular weight is 272 g/mol. The molecule has 1 heterocycles. The van der Waals surface area contributed by atoms with Gasteiger partial charge in [-0.15, -0.1) is 11.3 Å². The van der Waals surface area contributed by atoms with Crippen LogP contribution >= 0.6 is 11.3 Å². The van der Waals surface area contributed by atoms with E-state index < -0.39 is 11.1 Å². The van der Waals surface area contributed by atoms with Gasteiger partial charge < -0.3 is 5.11 Å². The maximum atomic E-state index is 12.5. The van der Waals surface area contributed by atoms with Crippen molar-refractivity contribution in [3.8, 4) is 5.75 Å². The Morgan fingerprint density at radius 3 is 2.28 bits per heavy atom. The highest BCUT2D eigenvalue weighted by molar-refractivity contribution is 7.12. The second-order valence-electron chi connectivity index (χ2n) is 4.08. The van der Waals surface area contributed by atoms with Gasteiger partial charge in [-0.25, -0.2) is 0 Å². The molecule has 5 heteroatoms. The van der Waals surface area contributed by atoms with Gasteiger partial charge in [-0.2, -0.15) is 13.2 Å². The summed E-state index contributed by atoms with van der Waals surface area (Å²) in [6, 6.07) is 8.27. The summed E-state index contributed by atoms with van der Waals surface area (Å²) in [7, 11) is 0. The largest absolute Gasteiger partial charge is 0.507 e. The Labute approximate surface area is 107 Å². The van der Waals surface area contributed by atoms with Crippen LogP contribution in [0.2, 0.25) is 0 Å². The molecule has 1 N–H and O–H groups in total. The molecule has 0 saturated carbocycles. The van der Waals surface area contributed by atoms with Gasteiger partial charge in [-0.1, -0.05) is 29.8 Å². The molecule has 0 aliphatic carbocycles. The third-order valence-electron chi connectivity index (χ3n) is 2.55. The third-order valence-corrected chi connectivity index (χ3v) is 3.72. The predicted molar refractivity (Wildman–Crippen MR) is 65.0 cm³/mol. The molecule has 18 heavy (non-hydrogen) atoms. The van der Waals surface area contributed by atoms with Crippen LogP contribution in [0.5, 0.6) is 5.75 Å². The van der Waals surface area contributed by atoms with E-state index >= 15 is 0 Å². The van der Waals surface area contributed by atoms with Gasteiger partial charge in [0.2, 0.25) is 0 Å². The predicted octanol–water partition coefficient (Wildman–Crippen LogP) is 4.37. The van der Waals surface area contributed by atoms with Crippen molar-refractivity contribution in [3.05, 3.63) is 51.2 Å². The van der Waals surface area contributed by atoms with Crippen LogP contribution in [0.3, 0.4) is 0 Å². The van der Waals surface area contributed by atoms with Crippen molar-refractivity contribution in [3.63, 3.8) is 0 Å². The lowest BCUT2D eigenvalue weighted by Gasteiger charge is -2.01. The first-order valence-electron chi connectivity index (χ1n) is 5.30. The van der Waals surface area contributed by atoms with Crippen LogP contribution in [0.1, 0.15) is 20.9 Å². The highest BCUT2D eigenvalue weighted by Gasteiger charge is 2.33. The molecular weight excluding hydrogens is 261 g/mol. The number of benzene rings is 1. The van der Waals surface area contributed by atoms with E-state index in [1.807, 2.05) is 31.2 Å². The lowest BCUT2D eigenvalue weighted by Crippen LogP contribution is -2.00. The maximum absolute atomic E-state index is 12.5. The Hall–Kier alpha value is -1.49. The first-order valence-corrected chi connectivity index (χ1v) is 6.12. The molecule has 1 aromatic heterocycles. The van der Waals surface area contributed by atoms with Crippen LogP contribution < -0.4 is 0 Å². The van der Waals surface area contributed by atoms with Gasteiger partial charge >= 0.3 is 6.18 Å². The quantitative estimate of drug-likeness (QED) is 0.860. The van der Waals surface area contributed by atoms with Gasteiger partial charge in [0, 0.05) is 12.5 Å².